The molecular formula is C20H14N2. The zero-order chi connectivity index (χ0) is 15.1. The average Bonchev–Trinajstić information content (AvgIpc) is 2.89. The van der Waals surface area contributed by atoms with Crippen LogP contribution in [0.1, 0.15) is 0 Å². The number of nitrogens with zero attached hydrogens (tertiary/aromatic N) is 1. The number of hydrogen-bond acceptors (Lipinski definition) is 1. The van der Waals surface area contributed by atoms with Crippen LogP contribution in [0.25, 0.3) is 32.9 Å². The maximum absolute atomic E-state index is 6.17. The number of nitrogens with two attached hydrogens (primary N) is 1. The highest BCUT2D eigenvalue weighted by molar-refractivity contribution is 6.13. The molecule has 1 heterocycles. The van der Waals surface area contributed by atoms with E-state index < -0.39 is 0 Å². The van der Waals surface area contributed by atoms with Gasteiger partial charge in [0, 0.05) is 33.6 Å². The van der Waals surface area contributed by atoms with Gasteiger partial charge in [0.25, 0.3) is 0 Å². The molecule has 0 radical (unpaired) electrons. The van der Waals surface area contributed by atoms with Gasteiger partial charge in [0.05, 0.1) is 11.0 Å². The number of hydrogen-bond donors (Lipinski definition) is 1. The number of anilines is 1. The van der Waals surface area contributed by atoms with Crippen molar-refractivity contribution in [2.45, 2.75) is 0 Å². The summed E-state index contributed by atoms with van der Waals surface area (Å²) in [6, 6.07) is 25.1. The van der Waals surface area contributed by atoms with Crippen molar-refractivity contribution in [3.05, 3.63) is 66.7 Å². The van der Waals surface area contributed by atoms with E-state index in [0.29, 0.717) is 0 Å². The number of aromatic nitrogens is 1. The van der Waals surface area contributed by atoms with Gasteiger partial charge in [-0.2, -0.15) is 0 Å². The van der Waals surface area contributed by atoms with E-state index in [2.05, 4.69) is 30.3 Å². The third-order valence-corrected chi connectivity index (χ3v) is 4.07. The van der Waals surface area contributed by atoms with Crippen molar-refractivity contribution in [1.82, 2.24) is 4.57 Å². The average molecular weight is 282 g/mol. The fourth-order valence-corrected chi connectivity index (χ4v) is 3.11. The highest BCUT2D eigenvalue weighted by Crippen LogP contribution is 2.37. The third-order valence-electron chi connectivity index (χ3n) is 4.07. The number of nitrogen functional groups attached to an aromatic ring is 1. The van der Waals surface area contributed by atoms with Gasteiger partial charge in [-0.05, 0) is 12.1 Å². The molecule has 0 fully saturated rings. The minimum absolute atomic E-state index is 0.754. The van der Waals surface area contributed by atoms with Crippen molar-refractivity contribution >= 4 is 27.5 Å². The number of fused-ring (bicyclic) bond motifs is 3. The fourth-order valence-electron chi connectivity index (χ4n) is 3.11. The first kappa shape index (κ1) is 12.6. The molecule has 3 aromatic carbocycles. The maximum Gasteiger partial charge on any atom is 0.0704 e. The second-order valence-corrected chi connectivity index (χ2v) is 5.27. The summed E-state index contributed by atoms with van der Waals surface area (Å²) in [4.78, 5) is 0. The second kappa shape index (κ2) is 4.68. The first-order valence-corrected chi connectivity index (χ1v) is 7.15. The highest BCUT2D eigenvalue weighted by atomic mass is 14.9. The van der Waals surface area contributed by atoms with Gasteiger partial charge in [0.1, 0.15) is 0 Å². The monoisotopic (exact) mass is 282 g/mol. The van der Waals surface area contributed by atoms with Crippen LogP contribution in [0, 0.1) is 12.5 Å². The van der Waals surface area contributed by atoms with Gasteiger partial charge in [0.2, 0.25) is 0 Å². The first-order chi connectivity index (χ1) is 10.8. The minimum atomic E-state index is 0.754. The molecule has 0 amide bonds. The largest absolute Gasteiger partial charge is 0.398 e. The molecular weight excluding hydrogens is 268 g/mol. The number of terminal acetylenes is 1. The SMILES string of the molecule is C#Cn1c2ccccc2c2cccc(-c3ccccc3N)c21. The lowest BCUT2D eigenvalue weighted by Gasteiger charge is -2.08. The zero-order valence-electron chi connectivity index (χ0n) is 12.0. The van der Waals surface area contributed by atoms with E-state index in [1.54, 1.807) is 0 Å². The zero-order valence-corrected chi connectivity index (χ0v) is 12.0. The maximum atomic E-state index is 6.17. The lowest BCUT2D eigenvalue weighted by molar-refractivity contribution is 1.27. The van der Waals surface area contributed by atoms with Crippen LogP contribution in [-0.4, -0.2) is 4.57 Å². The van der Waals surface area contributed by atoms with Gasteiger partial charge >= 0.3 is 0 Å². The van der Waals surface area contributed by atoms with Gasteiger partial charge in [-0.25, -0.2) is 0 Å². The fraction of sp³-hybridized carbons (Fsp3) is 0. The molecule has 0 spiro atoms. The van der Waals surface area contributed by atoms with Crippen molar-refractivity contribution in [3.8, 4) is 23.6 Å². The summed E-state index contributed by atoms with van der Waals surface area (Å²) in [5.41, 5.74) is 11.1. The molecule has 4 rings (SSSR count). The predicted octanol–water partition coefficient (Wildman–Crippen LogP) is 4.48. The molecule has 0 aliphatic rings. The Balaban J connectivity index is 2.23. The number of para-hydroxylation sites is 3. The summed E-state index contributed by atoms with van der Waals surface area (Å²) >= 11 is 0. The van der Waals surface area contributed by atoms with Crippen molar-refractivity contribution in [2.24, 2.45) is 0 Å². The summed E-state index contributed by atoms with van der Waals surface area (Å²) in [6.07, 6.45) is 5.79. The topological polar surface area (TPSA) is 30.9 Å². The lowest BCUT2D eigenvalue weighted by atomic mass is 10.0. The lowest BCUT2D eigenvalue weighted by Crippen LogP contribution is -1.93. The van der Waals surface area contributed by atoms with E-state index in [4.69, 9.17) is 12.2 Å². The van der Waals surface area contributed by atoms with Crippen LogP contribution in [0.4, 0.5) is 5.69 Å². The summed E-state index contributed by atoms with van der Waals surface area (Å²) in [7, 11) is 0. The Labute approximate surface area is 128 Å². The molecule has 0 atom stereocenters. The molecule has 1 aromatic heterocycles. The number of rotatable bonds is 1. The Hall–Kier alpha value is -3.18. The molecule has 0 aliphatic carbocycles. The molecule has 0 unspecified atom stereocenters. The van der Waals surface area contributed by atoms with Crippen molar-refractivity contribution in [3.63, 3.8) is 0 Å². The van der Waals surface area contributed by atoms with E-state index in [1.165, 1.54) is 0 Å². The van der Waals surface area contributed by atoms with E-state index >= 15 is 0 Å². The Morgan fingerprint density at radius 2 is 1.45 bits per heavy atom. The van der Waals surface area contributed by atoms with E-state index in [0.717, 1.165) is 38.6 Å². The van der Waals surface area contributed by atoms with E-state index in [9.17, 15) is 0 Å². The van der Waals surface area contributed by atoms with E-state index in [1.807, 2.05) is 47.0 Å². The number of benzene rings is 3. The van der Waals surface area contributed by atoms with Crippen molar-refractivity contribution in [1.29, 1.82) is 0 Å². The van der Waals surface area contributed by atoms with Crippen LogP contribution in [0.5, 0.6) is 0 Å². The second-order valence-electron chi connectivity index (χ2n) is 5.27. The Bertz CT molecular complexity index is 1050. The Morgan fingerprint density at radius 3 is 2.27 bits per heavy atom. The van der Waals surface area contributed by atoms with Crippen LogP contribution >= 0.6 is 0 Å². The summed E-state index contributed by atoms with van der Waals surface area (Å²) < 4.78 is 1.91. The molecule has 2 nitrogen and oxygen atoms in total. The molecule has 0 aliphatic heterocycles. The smallest absolute Gasteiger partial charge is 0.0704 e. The summed E-state index contributed by atoms with van der Waals surface area (Å²) in [5.74, 6) is 0. The summed E-state index contributed by atoms with van der Waals surface area (Å²) in [5, 5.41) is 2.31. The van der Waals surface area contributed by atoms with Crippen LogP contribution in [0.15, 0.2) is 66.7 Å². The normalized spacial score (nSPS) is 10.9. The minimum Gasteiger partial charge on any atom is -0.398 e. The van der Waals surface area contributed by atoms with Crippen LogP contribution in [0.2, 0.25) is 0 Å². The van der Waals surface area contributed by atoms with Crippen LogP contribution < -0.4 is 5.73 Å². The molecule has 22 heavy (non-hydrogen) atoms. The third kappa shape index (κ3) is 1.63. The van der Waals surface area contributed by atoms with Gasteiger partial charge in [-0.15, -0.1) is 0 Å². The van der Waals surface area contributed by atoms with Crippen LogP contribution in [-0.2, 0) is 0 Å². The van der Waals surface area contributed by atoms with Crippen molar-refractivity contribution in [2.75, 3.05) is 5.73 Å². The summed E-state index contributed by atoms with van der Waals surface area (Å²) in [6.45, 7) is 0. The van der Waals surface area contributed by atoms with Gasteiger partial charge in [-0.3, -0.25) is 4.57 Å². The van der Waals surface area contributed by atoms with E-state index in [-0.39, 0.29) is 0 Å². The quantitative estimate of drug-likeness (QED) is 0.405. The molecule has 4 aromatic rings. The van der Waals surface area contributed by atoms with Gasteiger partial charge in [0.15, 0.2) is 0 Å². The highest BCUT2D eigenvalue weighted by Gasteiger charge is 2.14. The molecule has 0 saturated heterocycles. The van der Waals surface area contributed by atoms with Crippen molar-refractivity contribution < 1.29 is 0 Å². The molecule has 2 heteroatoms. The molecule has 0 saturated carbocycles. The Kier molecular flexibility index (Phi) is 2.67. The van der Waals surface area contributed by atoms with Crippen LogP contribution in [0.3, 0.4) is 0 Å². The predicted molar refractivity (Wildman–Crippen MR) is 93.5 cm³/mol. The Morgan fingerprint density at radius 1 is 0.773 bits per heavy atom. The van der Waals surface area contributed by atoms with Gasteiger partial charge < -0.3 is 5.73 Å². The standard InChI is InChI=1S/C20H14N2/c1-2-22-19-13-6-4-9-15(19)17-11-7-10-16(20(17)22)14-8-3-5-12-18(14)21/h1,3-13H,21H2. The van der Waals surface area contributed by atoms with Gasteiger partial charge in [-0.1, -0.05) is 61.0 Å². The first-order valence-electron chi connectivity index (χ1n) is 7.15. The molecule has 104 valence electrons. The molecule has 0 bridgehead atoms. The molecule has 2 N–H and O–H groups in total.